The molecule has 0 aliphatic carbocycles. The van der Waals surface area contributed by atoms with Gasteiger partial charge in [0.1, 0.15) is 0 Å². The van der Waals surface area contributed by atoms with Gasteiger partial charge in [-0.3, -0.25) is 4.79 Å². The molecular weight excluding hydrogens is 388 g/mol. The van der Waals surface area contributed by atoms with Gasteiger partial charge in [-0.25, -0.2) is 0 Å². The molecular formula is C22H24N2O4S. The number of methoxy groups -OCH3 is 3. The number of carbonyl (C=O) groups excluding carboxylic acids is 1. The zero-order chi connectivity index (χ0) is 21.1. The van der Waals surface area contributed by atoms with Crippen molar-refractivity contribution >= 4 is 33.5 Å². The fraction of sp³-hybridized carbons (Fsp3) is 0.273. The van der Waals surface area contributed by atoms with Gasteiger partial charge < -0.3 is 18.8 Å². The summed E-state index contributed by atoms with van der Waals surface area (Å²) in [6.07, 6.45) is 3.11. The number of hydrogen-bond donors (Lipinski definition) is 0. The van der Waals surface area contributed by atoms with E-state index < -0.39 is 0 Å². The lowest BCUT2D eigenvalue weighted by Gasteiger charge is -2.12. The standard InChI is InChI=1S/C22H24N2O4S/c1-13-9-16-19(10-14(13)2)29-22(24(16)3)23-20(25)8-7-15-11-17(26-4)21(28-6)18(12-15)27-5/h7-12H,1-6H3/b8-7+,23-22?. The lowest BCUT2D eigenvalue weighted by molar-refractivity contribution is -0.113. The Labute approximate surface area is 173 Å². The fourth-order valence-electron chi connectivity index (χ4n) is 2.98. The number of fused-ring (bicyclic) bond motifs is 1. The highest BCUT2D eigenvalue weighted by Gasteiger charge is 2.12. The van der Waals surface area contributed by atoms with E-state index in [1.54, 1.807) is 39.5 Å². The van der Waals surface area contributed by atoms with E-state index in [0.717, 1.165) is 15.8 Å². The van der Waals surface area contributed by atoms with Gasteiger partial charge in [-0.05, 0) is 60.9 Å². The normalized spacial score (nSPS) is 12.0. The van der Waals surface area contributed by atoms with Crippen LogP contribution in [0.1, 0.15) is 16.7 Å². The third-order valence-corrected chi connectivity index (χ3v) is 5.83. The highest BCUT2D eigenvalue weighted by atomic mass is 32.1. The first-order chi connectivity index (χ1) is 13.9. The molecule has 0 bridgehead atoms. The molecule has 0 aliphatic heterocycles. The number of aromatic nitrogens is 1. The first-order valence-corrected chi connectivity index (χ1v) is 9.83. The van der Waals surface area contributed by atoms with Gasteiger partial charge >= 0.3 is 0 Å². The van der Waals surface area contributed by atoms with Crippen molar-refractivity contribution in [2.24, 2.45) is 12.0 Å². The zero-order valence-corrected chi connectivity index (χ0v) is 18.2. The van der Waals surface area contributed by atoms with Gasteiger partial charge in [0.25, 0.3) is 5.91 Å². The molecule has 0 radical (unpaired) electrons. The number of aryl methyl sites for hydroxylation is 3. The third-order valence-electron chi connectivity index (χ3n) is 4.74. The van der Waals surface area contributed by atoms with Gasteiger partial charge in [0, 0.05) is 13.1 Å². The molecule has 2 aromatic carbocycles. The van der Waals surface area contributed by atoms with Gasteiger partial charge in [0.05, 0.1) is 31.5 Å². The molecule has 0 unspecified atom stereocenters. The van der Waals surface area contributed by atoms with Gasteiger partial charge in [0.2, 0.25) is 5.75 Å². The summed E-state index contributed by atoms with van der Waals surface area (Å²) in [7, 11) is 6.57. The Bertz CT molecular complexity index is 1150. The van der Waals surface area contributed by atoms with Crippen LogP contribution >= 0.6 is 11.3 Å². The number of benzene rings is 2. The molecule has 0 saturated carbocycles. The van der Waals surface area contributed by atoms with Crippen LogP contribution < -0.4 is 19.0 Å². The molecule has 0 atom stereocenters. The first-order valence-electron chi connectivity index (χ1n) is 9.01. The van der Waals surface area contributed by atoms with Crippen molar-refractivity contribution in [3.8, 4) is 17.2 Å². The summed E-state index contributed by atoms with van der Waals surface area (Å²) >= 11 is 1.50. The van der Waals surface area contributed by atoms with E-state index in [0.29, 0.717) is 22.0 Å². The summed E-state index contributed by atoms with van der Waals surface area (Å²) in [5.74, 6) is 1.22. The summed E-state index contributed by atoms with van der Waals surface area (Å²) in [6.45, 7) is 4.16. The molecule has 7 heteroatoms. The summed E-state index contributed by atoms with van der Waals surface area (Å²) in [5, 5.41) is 0. The number of nitrogens with zero attached hydrogens (tertiary/aromatic N) is 2. The van der Waals surface area contributed by atoms with Gasteiger partial charge in [-0.2, -0.15) is 4.99 Å². The molecule has 3 rings (SSSR count). The van der Waals surface area contributed by atoms with Crippen LogP contribution in [-0.2, 0) is 11.8 Å². The Hall–Kier alpha value is -3.06. The van der Waals surface area contributed by atoms with E-state index in [4.69, 9.17) is 14.2 Å². The van der Waals surface area contributed by atoms with E-state index in [2.05, 4.69) is 31.0 Å². The third kappa shape index (κ3) is 4.19. The van der Waals surface area contributed by atoms with E-state index in [9.17, 15) is 4.79 Å². The average Bonchev–Trinajstić information content (AvgIpc) is 3.00. The smallest absolute Gasteiger partial charge is 0.272 e. The summed E-state index contributed by atoms with van der Waals surface area (Å²) in [6, 6.07) is 7.80. The Morgan fingerprint density at radius 1 is 1.00 bits per heavy atom. The van der Waals surface area contributed by atoms with Crippen molar-refractivity contribution in [2.75, 3.05) is 21.3 Å². The quantitative estimate of drug-likeness (QED) is 0.594. The molecule has 3 aromatic rings. The molecule has 1 heterocycles. The fourth-order valence-corrected chi connectivity index (χ4v) is 4.09. The van der Waals surface area contributed by atoms with Crippen LogP contribution in [0.25, 0.3) is 16.3 Å². The Kier molecular flexibility index (Phi) is 6.08. The maximum atomic E-state index is 12.4. The van der Waals surface area contributed by atoms with Crippen molar-refractivity contribution in [3.05, 3.63) is 51.8 Å². The second-order valence-corrected chi connectivity index (χ2v) is 7.60. The van der Waals surface area contributed by atoms with Crippen LogP contribution in [0.5, 0.6) is 17.2 Å². The number of carbonyl (C=O) groups is 1. The van der Waals surface area contributed by atoms with Crippen LogP contribution in [0.4, 0.5) is 0 Å². The van der Waals surface area contributed by atoms with E-state index in [-0.39, 0.29) is 5.91 Å². The maximum absolute atomic E-state index is 12.4. The molecule has 1 amide bonds. The highest BCUT2D eigenvalue weighted by Crippen LogP contribution is 2.38. The maximum Gasteiger partial charge on any atom is 0.272 e. The number of hydrogen-bond acceptors (Lipinski definition) is 5. The lowest BCUT2D eigenvalue weighted by atomic mass is 10.1. The molecule has 0 N–H and O–H groups in total. The summed E-state index contributed by atoms with van der Waals surface area (Å²) in [4.78, 5) is 17.3. The molecule has 0 fully saturated rings. The second-order valence-electron chi connectivity index (χ2n) is 6.59. The summed E-state index contributed by atoms with van der Waals surface area (Å²) < 4.78 is 19.0. The van der Waals surface area contributed by atoms with Crippen molar-refractivity contribution in [1.29, 1.82) is 0 Å². The zero-order valence-electron chi connectivity index (χ0n) is 17.4. The predicted octanol–water partition coefficient (Wildman–Crippen LogP) is 4.02. The van der Waals surface area contributed by atoms with Crippen LogP contribution in [0.3, 0.4) is 0 Å². The Morgan fingerprint density at radius 3 is 2.21 bits per heavy atom. The van der Waals surface area contributed by atoms with E-state index in [1.165, 1.54) is 28.5 Å². The predicted molar refractivity (Wildman–Crippen MR) is 116 cm³/mol. The van der Waals surface area contributed by atoms with Crippen LogP contribution in [0, 0.1) is 13.8 Å². The minimum Gasteiger partial charge on any atom is -0.493 e. The Balaban J connectivity index is 1.94. The van der Waals surface area contributed by atoms with Crippen LogP contribution in [0.15, 0.2) is 35.3 Å². The number of amides is 1. The first kappa shape index (κ1) is 20.7. The van der Waals surface area contributed by atoms with E-state index in [1.807, 2.05) is 11.6 Å². The largest absolute Gasteiger partial charge is 0.493 e. The number of rotatable bonds is 5. The van der Waals surface area contributed by atoms with Crippen molar-refractivity contribution in [2.45, 2.75) is 13.8 Å². The minimum atomic E-state index is -0.339. The van der Waals surface area contributed by atoms with Crippen molar-refractivity contribution in [3.63, 3.8) is 0 Å². The van der Waals surface area contributed by atoms with Crippen molar-refractivity contribution < 1.29 is 19.0 Å². The van der Waals surface area contributed by atoms with Gasteiger partial charge in [-0.15, -0.1) is 0 Å². The van der Waals surface area contributed by atoms with Gasteiger partial charge in [0.15, 0.2) is 16.3 Å². The second kappa shape index (κ2) is 8.53. The van der Waals surface area contributed by atoms with Crippen molar-refractivity contribution in [1.82, 2.24) is 4.57 Å². The monoisotopic (exact) mass is 412 g/mol. The topological polar surface area (TPSA) is 62.0 Å². The molecule has 152 valence electrons. The van der Waals surface area contributed by atoms with Crippen LogP contribution in [0.2, 0.25) is 0 Å². The lowest BCUT2D eigenvalue weighted by Crippen LogP contribution is -2.12. The molecule has 29 heavy (non-hydrogen) atoms. The van der Waals surface area contributed by atoms with E-state index >= 15 is 0 Å². The average molecular weight is 413 g/mol. The molecule has 0 aliphatic rings. The van der Waals surface area contributed by atoms with Crippen LogP contribution in [-0.4, -0.2) is 31.8 Å². The molecule has 6 nitrogen and oxygen atoms in total. The Morgan fingerprint density at radius 2 is 1.62 bits per heavy atom. The number of thiazole rings is 1. The number of ether oxygens (including phenoxy) is 3. The SMILES string of the molecule is COc1cc(/C=C/C(=O)N=c2sc3cc(C)c(C)cc3n2C)cc(OC)c1OC. The molecule has 0 saturated heterocycles. The summed E-state index contributed by atoms with van der Waals surface area (Å²) in [5.41, 5.74) is 4.25. The molecule has 0 spiro atoms. The molecule has 1 aromatic heterocycles. The minimum absolute atomic E-state index is 0.339. The highest BCUT2D eigenvalue weighted by molar-refractivity contribution is 7.16. The van der Waals surface area contributed by atoms with Gasteiger partial charge in [-0.1, -0.05) is 11.3 Å².